The van der Waals surface area contributed by atoms with Gasteiger partial charge < -0.3 is 0 Å². The SMILES string of the molecule is Cc1cc(CCl)ccc1Cl. The fourth-order valence-corrected chi connectivity index (χ4v) is 1.07. The van der Waals surface area contributed by atoms with E-state index in [4.69, 9.17) is 23.2 Å². The highest BCUT2D eigenvalue weighted by molar-refractivity contribution is 6.31. The van der Waals surface area contributed by atoms with Crippen molar-refractivity contribution in [2.24, 2.45) is 0 Å². The van der Waals surface area contributed by atoms with Gasteiger partial charge in [0.05, 0.1) is 0 Å². The Morgan fingerprint density at radius 3 is 2.60 bits per heavy atom. The van der Waals surface area contributed by atoms with Gasteiger partial charge in [-0.2, -0.15) is 0 Å². The average molecular weight is 175 g/mol. The largest absolute Gasteiger partial charge is 0.122 e. The summed E-state index contributed by atoms with van der Waals surface area (Å²) in [7, 11) is 0. The molecule has 0 radical (unpaired) electrons. The zero-order valence-electron chi connectivity index (χ0n) is 5.70. The van der Waals surface area contributed by atoms with Gasteiger partial charge >= 0.3 is 0 Å². The Kier molecular flexibility index (Phi) is 2.58. The summed E-state index contributed by atoms with van der Waals surface area (Å²) in [6, 6.07) is 5.80. The summed E-state index contributed by atoms with van der Waals surface area (Å²) in [6.45, 7) is 1.97. The van der Waals surface area contributed by atoms with Crippen LogP contribution in [0, 0.1) is 6.92 Å². The van der Waals surface area contributed by atoms with E-state index in [-0.39, 0.29) is 0 Å². The zero-order valence-corrected chi connectivity index (χ0v) is 7.21. The number of benzene rings is 1. The van der Waals surface area contributed by atoms with Crippen LogP contribution in [0.25, 0.3) is 0 Å². The van der Waals surface area contributed by atoms with E-state index in [0.29, 0.717) is 5.88 Å². The molecule has 0 spiro atoms. The highest BCUT2D eigenvalue weighted by Gasteiger charge is 1.94. The van der Waals surface area contributed by atoms with Crippen LogP contribution in [-0.4, -0.2) is 0 Å². The molecule has 0 aliphatic rings. The summed E-state index contributed by atoms with van der Waals surface area (Å²) in [4.78, 5) is 0. The van der Waals surface area contributed by atoms with E-state index in [9.17, 15) is 0 Å². The minimum atomic E-state index is 0.554. The van der Waals surface area contributed by atoms with Gasteiger partial charge in [0.15, 0.2) is 0 Å². The summed E-state index contributed by atoms with van der Waals surface area (Å²) in [5, 5.41) is 0.800. The third-order valence-electron chi connectivity index (χ3n) is 1.38. The van der Waals surface area contributed by atoms with Crippen LogP contribution in [0.2, 0.25) is 5.02 Å². The minimum Gasteiger partial charge on any atom is -0.122 e. The molecule has 0 bridgehead atoms. The highest BCUT2D eigenvalue weighted by atomic mass is 35.5. The van der Waals surface area contributed by atoms with Crippen LogP contribution >= 0.6 is 23.2 Å². The molecule has 0 saturated carbocycles. The van der Waals surface area contributed by atoms with Crippen molar-refractivity contribution in [1.82, 2.24) is 0 Å². The van der Waals surface area contributed by atoms with E-state index in [1.807, 2.05) is 25.1 Å². The van der Waals surface area contributed by atoms with Gasteiger partial charge in [0.1, 0.15) is 0 Å². The Morgan fingerprint density at radius 2 is 2.10 bits per heavy atom. The van der Waals surface area contributed by atoms with Crippen LogP contribution in [0.1, 0.15) is 11.1 Å². The van der Waals surface area contributed by atoms with Crippen LogP contribution in [0.4, 0.5) is 0 Å². The standard InChI is InChI=1S/C8H8Cl2/c1-6-4-7(5-9)2-3-8(6)10/h2-4H,5H2,1H3. The summed E-state index contributed by atoms with van der Waals surface area (Å²) in [5.41, 5.74) is 2.20. The van der Waals surface area contributed by atoms with Crippen molar-refractivity contribution in [2.45, 2.75) is 12.8 Å². The minimum absolute atomic E-state index is 0.554. The third kappa shape index (κ3) is 1.65. The average Bonchev–Trinajstić information content (AvgIpc) is 1.95. The summed E-state index contributed by atoms with van der Waals surface area (Å²) < 4.78 is 0. The van der Waals surface area contributed by atoms with Gasteiger partial charge in [0.2, 0.25) is 0 Å². The molecule has 1 rings (SSSR count). The number of hydrogen-bond acceptors (Lipinski definition) is 0. The zero-order chi connectivity index (χ0) is 7.56. The first kappa shape index (κ1) is 7.90. The van der Waals surface area contributed by atoms with E-state index in [1.54, 1.807) is 0 Å². The Morgan fingerprint density at radius 1 is 1.40 bits per heavy atom. The first-order chi connectivity index (χ1) is 4.74. The maximum Gasteiger partial charge on any atom is 0.0474 e. The first-order valence-electron chi connectivity index (χ1n) is 3.05. The lowest BCUT2D eigenvalue weighted by Gasteiger charge is -1.98. The lowest BCUT2D eigenvalue weighted by atomic mass is 10.2. The molecule has 0 saturated heterocycles. The van der Waals surface area contributed by atoms with Crippen molar-refractivity contribution < 1.29 is 0 Å². The van der Waals surface area contributed by atoms with E-state index >= 15 is 0 Å². The molecule has 54 valence electrons. The van der Waals surface area contributed by atoms with Gasteiger partial charge in [0.25, 0.3) is 0 Å². The molecule has 0 heterocycles. The molecule has 0 nitrogen and oxygen atoms in total. The van der Waals surface area contributed by atoms with E-state index in [0.717, 1.165) is 16.1 Å². The number of halogens is 2. The summed E-state index contributed by atoms with van der Waals surface area (Å²) >= 11 is 11.4. The van der Waals surface area contributed by atoms with Gasteiger partial charge in [-0.15, -0.1) is 11.6 Å². The predicted molar refractivity (Wildman–Crippen MR) is 45.7 cm³/mol. The monoisotopic (exact) mass is 174 g/mol. The molecule has 0 N–H and O–H groups in total. The smallest absolute Gasteiger partial charge is 0.0474 e. The fourth-order valence-electron chi connectivity index (χ4n) is 0.790. The van der Waals surface area contributed by atoms with Crippen LogP contribution in [0.5, 0.6) is 0 Å². The maximum absolute atomic E-state index is 5.79. The fraction of sp³-hybridized carbons (Fsp3) is 0.250. The summed E-state index contributed by atoms with van der Waals surface area (Å²) in [5.74, 6) is 0.554. The molecule has 0 aliphatic carbocycles. The Labute approximate surface area is 70.8 Å². The second-order valence-electron chi connectivity index (χ2n) is 2.22. The van der Waals surface area contributed by atoms with Gasteiger partial charge in [-0.3, -0.25) is 0 Å². The van der Waals surface area contributed by atoms with Gasteiger partial charge in [-0.05, 0) is 24.1 Å². The Balaban J connectivity index is 3.04. The quantitative estimate of drug-likeness (QED) is 0.574. The second-order valence-corrected chi connectivity index (χ2v) is 2.89. The molecular weight excluding hydrogens is 167 g/mol. The lowest BCUT2D eigenvalue weighted by Crippen LogP contribution is -1.79. The first-order valence-corrected chi connectivity index (χ1v) is 3.96. The van der Waals surface area contributed by atoms with Crippen LogP contribution in [0.3, 0.4) is 0 Å². The number of rotatable bonds is 1. The van der Waals surface area contributed by atoms with E-state index < -0.39 is 0 Å². The van der Waals surface area contributed by atoms with Gasteiger partial charge in [-0.1, -0.05) is 23.7 Å². The molecule has 0 aromatic heterocycles. The van der Waals surface area contributed by atoms with Crippen molar-refractivity contribution in [3.05, 3.63) is 34.3 Å². The molecule has 1 aromatic carbocycles. The predicted octanol–water partition coefficient (Wildman–Crippen LogP) is 3.39. The molecule has 0 unspecified atom stereocenters. The van der Waals surface area contributed by atoms with Crippen molar-refractivity contribution in [3.8, 4) is 0 Å². The normalized spacial score (nSPS) is 9.90. The maximum atomic E-state index is 5.79. The van der Waals surface area contributed by atoms with E-state index in [1.165, 1.54) is 0 Å². The van der Waals surface area contributed by atoms with Crippen LogP contribution < -0.4 is 0 Å². The Hall–Kier alpha value is -0.200. The van der Waals surface area contributed by atoms with Crippen LogP contribution in [0.15, 0.2) is 18.2 Å². The molecule has 0 amide bonds. The van der Waals surface area contributed by atoms with Crippen molar-refractivity contribution in [2.75, 3.05) is 0 Å². The number of aryl methyl sites for hydroxylation is 1. The molecule has 2 heteroatoms. The highest BCUT2D eigenvalue weighted by Crippen LogP contribution is 2.16. The molecule has 0 fully saturated rings. The lowest BCUT2D eigenvalue weighted by molar-refractivity contribution is 1.35. The van der Waals surface area contributed by atoms with E-state index in [2.05, 4.69) is 0 Å². The van der Waals surface area contributed by atoms with Crippen LogP contribution in [-0.2, 0) is 5.88 Å². The van der Waals surface area contributed by atoms with Gasteiger partial charge in [-0.25, -0.2) is 0 Å². The molecule has 10 heavy (non-hydrogen) atoms. The molecular formula is C8H8Cl2. The topological polar surface area (TPSA) is 0 Å². The molecule has 0 aliphatic heterocycles. The number of hydrogen-bond donors (Lipinski definition) is 0. The van der Waals surface area contributed by atoms with Gasteiger partial charge in [0, 0.05) is 10.9 Å². The third-order valence-corrected chi connectivity index (χ3v) is 2.11. The molecule has 0 atom stereocenters. The van der Waals surface area contributed by atoms with Crippen molar-refractivity contribution >= 4 is 23.2 Å². The van der Waals surface area contributed by atoms with Crippen molar-refractivity contribution in [3.63, 3.8) is 0 Å². The molecule has 1 aromatic rings. The Bertz CT molecular complexity index is 231. The second kappa shape index (κ2) is 3.27. The summed E-state index contributed by atoms with van der Waals surface area (Å²) in [6.07, 6.45) is 0. The number of alkyl halides is 1. The van der Waals surface area contributed by atoms with Crippen molar-refractivity contribution in [1.29, 1.82) is 0 Å².